The Balaban J connectivity index is 1.65. The van der Waals surface area contributed by atoms with Gasteiger partial charge in [-0.25, -0.2) is 9.50 Å². The summed E-state index contributed by atoms with van der Waals surface area (Å²) in [5.41, 5.74) is 3.75. The number of benzene rings is 1. The van der Waals surface area contributed by atoms with Gasteiger partial charge in [0.2, 0.25) is 5.88 Å². The standard InChI is InChI=1S/C26H17Cl3N5O3/c1-13-18(27)10-19(31-25(13)37-3)17-6-4-5-15(22(17)28)16-7-8-30-24(23(16)29)14-9-20-26(36)33(2)21(12-35)32-34(20)11-14/h4-12H,1H2,2-3H3. The van der Waals surface area contributed by atoms with Crippen LogP contribution in [0.3, 0.4) is 0 Å². The van der Waals surface area contributed by atoms with Crippen LogP contribution in [0.4, 0.5) is 0 Å². The Labute approximate surface area is 226 Å². The molecule has 4 aromatic heterocycles. The van der Waals surface area contributed by atoms with E-state index in [-0.39, 0.29) is 16.9 Å². The summed E-state index contributed by atoms with van der Waals surface area (Å²) < 4.78 is 7.82. The fourth-order valence-corrected chi connectivity index (χ4v) is 4.83. The molecule has 5 aromatic rings. The molecule has 11 heteroatoms. The van der Waals surface area contributed by atoms with Crippen molar-refractivity contribution in [3.63, 3.8) is 0 Å². The Kier molecular flexibility index (Phi) is 6.49. The van der Waals surface area contributed by atoms with Gasteiger partial charge in [-0.05, 0) is 25.1 Å². The zero-order chi connectivity index (χ0) is 26.4. The Morgan fingerprint density at radius 2 is 1.78 bits per heavy atom. The predicted octanol–water partition coefficient (Wildman–Crippen LogP) is 5.79. The van der Waals surface area contributed by atoms with Crippen molar-refractivity contribution in [2.75, 3.05) is 7.11 Å². The molecular formula is C26H17Cl3N5O3. The first-order chi connectivity index (χ1) is 17.7. The third kappa shape index (κ3) is 4.17. The molecule has 4 heterocycles. The number of rotatable bonds is 5. The van der Waals surface area contributed by atoms with Crippen molar-refractivity contribution < 1.29 is 9.53 Å². The highest BCUT2D eigenvalue weighted by atomic mass is 35.5. The summed E-state index contributed by atoms with van der Waals surface area (Å²) in [5.74, 6) is 0.291. The van der Waals surface area contributed by atoms with E-state index in [0.29, 0.717) is 66.4 Å². The molecule has 0 bridgehead atoms. The molecule has 1 aromatic carbocycles. The summed E-state index contributed by atoms with van der Waals surface area (Å²) in [6, 6.07) is 10.5. The molecule has 0 N–H and O–H groups in total. The average molecular weight is 554 g/mol. The number of fused-ring (bicyclic) bond motifs is 1. The highest BCUT2D eigenvalue weighted by molar-refractivity contribution is 6.39. The third-order valence-electron chi connectivity index (χ3n) is 5.94. The SMILES string of the molecule is [CH2]c1c(Cl)cc(-c2cccc(-c3ccnc(-c4cc5c(=O)n(C)c(C=O)nn5c4)c3Cl)c2Cl)nc1OC. The molecule has 8 nitrogen and oxygen atoms in total. The lowest BCUT2D eigenvalue weighted by Crippen LogP contribution is -2.24. The van der Waals surface area contributed by atoms with Gasteiger partial charge in [0.15, 0.2) is 12.1 Å². The molecule has 0 saturated carbocycles. The first-order valence-corrected chi connectivity index (χ1v) is 11.9. The number of aromatic nitrogens is 5. The van der Waals surface area contributed by atoms with Crippen LogP contribution in [0.5, 0.6) is 5.88 Å². The number of carbonyl (C=O) groups is 1. The number of hydrogen-bond acceptors (Lipinski definition) is 6. The van der Waals surface area contributed by atoms with Crippen LogP contribution in [0.15, 0.2) is 53.6 Å². The Morgan fingerprint density at radius 1 is 1.05 bits per heavy atom. The van der Waals surface area contributed by atoms with Crippen molar-refractivity contribution in [3.05, 3.63) is 92.5 Å². The molecule has 0 saturated heterocycles. The maximum absolute atomic E-state index is 12.7. The summed E-state index contributed by atoms with van der Waals surface area (Å²) in [6.07, 6.45) is 3.71. The highest BCUT2D eigenvalue weighted by Gasteiger charge is 2.20. The minimum Gasteiger partial charge on any atom is -0.481 e. The normalized spacial score (nSPS) is 11.2. The molecule has 0 aliphatic rings. The van der Waals surface area contributed by atoms with Gasteiger partial charge in [-0.2, -0.15) is 0 Å². The van der Waals surface area contributed by atoms with Crippen LogP contribution < -0.4 is 10.3 Å². The lowest BCUT2D eigenvalue weighted by Gasteiger charge is -2.14. The summed E-state index contributed by atoms with van der Waals surface area (Å²) in [4.78, 5) is 32.9. The number of methoxy groups -OCH3 is 1. The summed E-state index contributed by atoms with van der Waals surface area (Å²) >= 11 is 20.0. The number of ether oxygens (including phenoxy) is 1. The maximum Gasteiger partial charge on any atom is 0.277 e. The minimum atomic E-state index is -0.374. The van der Waals surface area contributed by atoms with Crippen molar-refractivity contribution in [2.45, 2.75) is 0 Å². The topological polar surface area (TPSA) is 91.4 Å². The molecule has 0 unspecified atom stereocenters. The van der Waals surface area contributed by atoms with Crippen LogP contribution in [0, 0.1) is 6.92 Å². The lowest BCUT2D eigenvalue weighted by molar-refractivity contribution is 0.110. The van der Waals surface area contributed by atoms with E-state index in [2.05, 4.69) is 22.0 Å². The second-order valence-electron chi connectivity index (χ2n) is 8.06. The zero-order valence-corrected chi connectivity index (χ0v) is 21.8. The van der Waals surface area contributed by atoms with Gasteiger partial charge in [0.25, 0.3) is 5.56 Å². The number of nitrogens with zero attached hydrogens (tertiary/aromatic N) is 5. The average Bonchev–Trinajstić information content (AvgIpc) is 3.32. The molecule has 0 spiro atoms. The van der Waals surface area contributed by atoms with Crippen LogP contribution in [0.2, 0.25) is 15.1 Å². The van der Waals surface area contributed by atoms with Crippen LogP contribution in [-0.2, 0) is 7.05 Å². The van der Waals surface area contributed by atoms with Gasteiger partial charge in [0.1, 0.15) is 5.52 Å². The van der Waals surface area contributed by atoms with Crippen molar-refractivity contribution >= 4 is 46.6 Å². The second kappa shape index (κ2) is 9.63. The van der Waals surface area contributed by atoms with Crippen molar-refractivity contribution in [1.82, 2.24) is 24.1 Å². The molecule has 5 rings (SSSR count). The van der Waals surface area contributed by atoms with E-state index < -0.39 is 0 Å². The van der Waals surface area contributed by atoms with Gasteiger partial charge in [-0.3, -0.25) is 19.1 Å². The summed E-state index contributed by atoms with van der Waals surface area (Å²) in [5, 5.41) is 5.30. The quantitative estimate of drug-likeness (QED) is 0.256. The molecule has 0 aliphatic carbocycles. The van der Waals surface area contributed by atoms with Gasteiger partial charge in [0, 0.05) is 47.3 Å². The van der Waals surface area contributed by atoms with E-state index in [4.69, 9.17) is 39.5 Å². The Morgan fingerprint density at radius 3 is 2.51 bits per heavy atom. The molecule has 1 radical (unpaired) electrons. The lowest BCUT2D eigenvalue weighted by atomic mass is 10.00. The van der Waals surface area contributed by atoms with E-state index >= 15 is 0 Å². The van der Waals surface area contributed by atoms with Gasteiger partial charge in [-0.15, -0.1) is 5.10 Å². The van der Waals surface area contributed by atoms with Crippen LogP contribution in [0.25, 0.3) is 39.2 Å². The van der Waals surface area contributed by atoms with E-state index in [1.165, 1.54) is 23.2 Å². The summed E-state index contributed by atoms with van der Waals surface area (Å²) in [6.45, 7) is 3.88. The number of halogens is 3. The molecule has 0 atom stereocenters. The number of aldehydes is 1. The maximum atomic E-state index is 12.7. The number of pyridine rings is 2. The van der Waals surface area contributed by atoms with Crippen molar-refractivity contribution in [3.8, 4) is 39.5 Å². The van der Waals surface area contributed by atoms with E-state index in [0.717, 1.165) is 0 Å². The van der Waals surface area contributed by atoms with Crippen molar-refractivity contribution in [1.29, 1.82) is 0 Å². The third-order valence-corrected chi connectivity index (χ3v) is 7.06. The van der Waals surface area contributed by atoms with Crippen LogP contribution >= 0.6 is 34.8 Å². The van der Waals surface area contributed by atoms with Gasteiger partial charge in [0.05, 0.1) is 33.6 Å². The Hall–Kier alpha value is -3.72. The predicted molar refractivity (Wildman–Crippen MR) is 144 cm³/mol. The smallest absolute Gasteiger partial charge is 0.277 e. The Bertz CT molecular complexity index is 1780. The van der Waals surface area contributed by atoms with Gasteiger partial charge >= 0.3 is 0 Å². The first-order valence-electron chi connectivity index (χ1n) is 10.8. The van der Waals surface area contributed by atoms with Gasteiger partial charge < -0.3 is 4.74 Å². The molecular weight excluding hydrogens is 537 g/mol. The molecule has 0 amide bonds. The number of hydrogen-bond donors (Lipinski definition) is 0. The van der Waals surface area contributed by atoms with E-state index in [1.807, 2.05) is 18.2 Å². The van der Waals surface area contributed by atoms with Crippen molar-refractivity contribution in [2.24, 2.45) is 7.05 Å². The summed E-state index contributed by atoms with van der Waals surface area (Å²) in [7, 11) is 2.97. The fourth-order valence-electron chi connectivity index (χ4n) is 4.00. The molecule has 37 heavy (non-hydrogen) atoms. The van der Waals surface area contributed by atoms with Crippen LogP contribution in [-0.4, -0.2) is 37.5 Å². The van der Waals surface area contributed by atoms with E-state index in [9.17, 15) is 9.59 Å². The monoisotopic (exact) mass is 552 g/mol. The van der Waals surface area contributed by atoms with E-state index in [1.54, 1.807) is 30.6 Å². The second-order valence-corrected chi connectivity index (χ2v) is 9.23. The zero-order valence-electron chi connectivity index (χ0n) is 19.5. The molecule has 0 fully saturated rings. The largest absolute Gasteiger partial charge is 0.481 e. The highest BCUT2D eigenvalue weighted by Crippen LogP contribution is 2.42. The fraction of sp³-hybridized carbons (Fsp3) is 0.0769. The molecule has 185 valence electrons. The molecule has 0 aliphatic heterocycles. The van der Waals surface area contributed by atoms with Crippen LogP contribution in [0.1, 0.15) is 16.2 Å². The van der Waals surface area contributed by atoms with Gasteiger partial charge in [-0.1, -0.05) is 53.0 Å². The minimum absolute atomic E-state index is 0.00622. The first kappa shape index (κ1) is 25.0. The number of carbonyl (C=O) groups excluding carboxylic acids is 1.